The SMILES string of the molecule is CC(C)=CCCC1=CC[C@@H](C2OCC3(CO2)COC([C@@H]2CC=C(CCC=C(C)C)C[C@@H]2C)OC3)[C@@H](C)C1. The fourth-order valence-corrected chi connectivity index (χ4v) is 6.50. The minimum atomic E-state index is -0.167. The lowest BCUT2D eigenvalue weighted by molar-refractivity contribution is -0.323. The van der Waals surface area contributed by atoms with Crippen LogP contribution in [0.3, 0.4) is 0 Å². The first-order valence-electron chi connectivity index (χ1n) is 14.8. The monoisotopic (exact) mass is 512 g/mol. The van der Waals surface area contributed by atoms with Crippen LogP contribution in [0.2, 0.25) is 0 Å². The van der Waals surface area contributed by atoms with Gasteiger partial charge in [-0.05, 0) is 90.9 Å². The van der Waals surface area contributed by atoms with E-state index in [9.17, 15) is 0 Å². The van der Waals surface area contributed by atoms with Crippen LogP contribution in [0.5, 0.6) is 0 Å². The van der Waals surface area contributed by atoms with Crippen LogP contribution in [0.4, 0.5) is 0 Å². The normalized spacial score (nSPS) is 36.5. The highest BCUT2D eigenvalue weighted by molar-refractivity contribution is 5.12. The van der Waals surface area contributed by atoms with E-state index in [4.69, 9.17) is 18.9 Å². The Morgan fingerprint density at radius 3 is 1.41 bits per heavy atom. The van der Waals surface area contributed by atoms with Gasteiger partial charge in [0.15, 0.2) is 12.6 Å². The highest BCUT2D eigenvalue weighted by Gasteiger charge is 2.46. The van der Waals surface area contributed by atoms with Crippen LogP contribution in [0, 0.1) is 29.1 Å². The Balaban J connectivity index is 1.21. The maximum atomic E-state index is 6.36. The first-order valence-corrected chi connectivity index (χ1v) is 14.8. The largest absolute Gasteiger partial charge is 0.351 e. The van der Waals surface area contributed by atoms with Crippen molar-refractivity contribution in [3.8, 4) is 0 Å². The minimum Gasteiger partial charge on any atom is -0.351 e. The molecule has 1 spiro atoms. The molecule has 4 nitrogen and oxygen atoms in total. The third-order valence-corrected chi connectivity index (χ3v) is 8.94. The van der Waals surface area contributed by atoms with E-state index in [-0.39, 0.29) is 18.0 Å². The molecule has 2 aliphatic heterocycles. The molecule has 0 N–H and O–H groups in total. The summed E-state index contributed by atoms with van der Waals surface area (Å²) in [6, 6.07) is 0. The van der Waals surface area contributed by atoms with Crippen LogP contribution in [-0.2, 0) is 18.9 Å². The van der Waals surface area contributed by atoms with Gasteiger partial charge in [0, 0.05) is 11.8 Å². The molecule has 4 heteroatoms. The second-order valence-corrected chi connectivity index (χ2v) is 13.0. The van der Waals surface area contributed by atoms with Gasteiger partial charge < -0.3 is 18.9 Å². The van der Waals surface area contributed by atoms with Gasteiger partial charge in [-0.1, -0.05) is 60.4 Å². The summed E-state index contributed by atoms with van der Waals surface area (Å²) in [5.74, 6) is 2.04. The highest BCUT2D eigenvalue weighted by Crippen LogP contribution is 2.41. The zero-order chi connectivity index (χ0) is 26.4. The van der Waals surface area contributed by atoms with E-state index < -0.39 is 0 Å². The van der Waals surface area contributed by atoms with Gasteiger partial charge in [0.2, 0.25) is 0 Å². The molecular formula is C33H52O4. The molecule has 4 rings (SSSR count). The molecule has 4 atom stereocenters. The van der Waals surface area contributed by atoms with Crippen molar-refractivity contribution in [2.24, 2.45) is 29.1 Å². The van der Waals surface area contributed by atoms with Crippen LogP contribution in [0.25, 0.3) is 0 Å². The van der Waals surface area contributed by atoms with Gasteiger partial charge in [-0.2, -0.15) is 0 Å². The first kappa shape index (κ1) is 28.8. The lowest BCUT2D eigenvalue weighted by Gasteiger charge is -2.48. The van der Waals surface area contributed by atoms with Gasteiger partial charge in [0.1, 0.15) is 0 Å². The van der Waals surface area contributed by atoms with E-state index in [0.29, 0.717) is 50.1 Å². The topological polar surface area (TPSA) is 36.9 Å². The summed E-state index contributed by atoms with van der Waals surface area (Å²) in [6.07, 6.45) is 18.5. The molecule has 37 heavy (non-hydrogen) atoms. The van der Waals surface area contributed by atoms with E-state index in [0.717, 1.165) is 38.5 Å². The van der Waals surface area contributed by atoms with E-state index in [1.54, 1.807) is 11.1 Å². The zero-order valence-electron chi connectivity index (χ0n) is 24.4. The number of ether oxygens (including phenoxy) is 4. The van der Waals surface area contributed by atoms with Gasteiger partial charge >= 0.3 is 0 Å². The third kappa shape index (κ3) is 7.91. The summed E-state index contributed by atoms with van der Waals surface area (Å²) in [5.41, 5.74) is 5.85. The predicted octanol–water partition coefficient (Wildman–Crippen LogP) is 8.16. The van der Waals surface area contributed by atoms with Crippen molar-refractivity contribution in [2.75, 3.05) is 26.4 Å². The van der Waals surface area contributed by atoms with Crippen molar-refractivity contribution >= 4 is 0 Å². The Kier molecular flexibility index (Phi) is 10.3. The van der Waals surface area contributed by atoms with Crippen molar-refractivity contribution < 1.29 is 18.9 Å². The Bertz CT molecular complexity index is 781. The summed E-state index contributed by atoms with van der Waals surface area (Å²) < 4.78 is 25.5. The first-order chi connectivity index (χ1) is 17.7. The molecule has 2 saturated heterocycles. The second-order valence-electron chi connectivity index (χ2n) is 13.0. The minimum absolute atomic E-state index is 0.109. The maximum Gasteiger partial charge on any atom is 0.160 e. The van der Waals surface area contributed by atoms with Gasteiger partial charge in [-0.15, -0.1) is 0 Å². The van der Waals surface area contributed by atoms with Gasteiger partial charge in [0.25, 0.3) is 0 Å². The smallest absolute Gasteiger partial charge is 0.160 e. The molecule has 208 valence electrons. The molecule has 0 radical (unpaired) electrons. The van der Waals surface area contributed by atoms with Crippen molar-refractivity contribution in [1.82, 2.24) is 0 Å². The quantitative estimate of drug-likeness (QED) is 0.307. The van der Waals surface area contributed by atoms with E-state index >= 15 is 0 Å². The molecule has 0 bridgehead atoms. The average Bonchev–Trinajstić information content (AvgIpc) is 2.85. The van der Waals surface area contributed by atoms with Gasteiger partial charge in [-0.3, -0.25) is 0 Å². The van der Waals surface area contributed by atoms with Gasteiger partial charge in [-0.25, -0.2) is 0 Å². The highest BCUT2D eigenvalue weighted by atomic mass is 16.7. The molecule has 0 aromatic carbocycles. The molecular weight excluding hydrogens is 460 g/mol. The predicted molar refractivity (Wildman–Crippen MR) is 151 cm³/mol. The lowest BCUT2D eigenvalue weighted by atomic mass is 9.78. The third-order valence-electron chi connectivity index (χ3n) is 8.94. The maximum absolute atomic E-state index is 6.36. The molecule has 0 aromatic rings. The molecule has 4 aliphatic rings. The van der Waals surface area contributed by atoms with Crippen molar-refractivity contribution in [3.63, 3.8) is 0 Å². The number of rotatable bonds is 8. The Morgan fingerprint density at radius 1 is 0.703 bits per heavy atom. The van der Waals surface area contributed by atoms with Crippen molar-refractivity contribution in [3.05, 3.63) is 46.6 Å². The summed E-state index contributed by atoms with van der Waals surface area (Å²) in [5, 5.41) is 0. The van der Waals surface area contributed by atoms with Crippen molar-refractivity contribution in [2.45, 2.75) is 105 Å². The second kappa shape index (κ2) is 13.2. The number of hydrogen-bond donors (Lipinski definition) is 0. The fourth-order valence-electron chi connectivity index (χ4n) is 6.50. The van der Waals surface area contributed by atoms with Crippen LogP contribution >= 0.6 is 0 Å². The summed E-state index contributed by atoms with van der Waals surface area (Å²) in [7, 11) is 0. The van der Waals surface area contributed by atoms with Crippen molar-refractivity contribution in [1.29, 1.82) is 0 Å². The standard InChI is InChI=1S/C33H52O4/c1-23(2)9-7-11-27-13-15-29(25(5)17-27)31-34-19-33(20-35-31)21-36-32(37-22-33)30-16-14-28(18-26(30)6)12-8-10-24(3)4/h9-10,13-14,25-26,29-32H,7-8,11-12,15-22H2,1-6H3/t25-,26-,29+,30+,31?,32?,33?/m0/s1. The summed E-state index contributed by atoms with van der Waals surface area (Å²) in [4.78, 5) is 0. The Hall–Kier alpha value is -1.20. The molecule has 0 saturated carbocycles. The molecule has 0 unspecified atom stereocenters. The molecule has 2 heterocycles. The summed E-state index contributed by atoms with van der Waals surface area (Å²) >= 11 is 0. The van der Waals surface area contributed by atoms with E-state index in [2.05, 4.69) is 65.8 Å². The van der Waals surface area contributed by atoms with E-state index in [1.807, 2.05) is 0 Å². The Morgan fingerprint density at radius 2 is 1.08 bits per heavy atom. The average molecular weight is 513 g/mol. The number of hydrogen-bond acceptors (Lipinski definition) is 4. The Labute approximate surface area is 226 Å². The van der Waals surface area contributed by atoms with Crippen LogP contribution in [0.15, 0.2) is 46.6 Å². The molecule has 0 aromatic heterocycles. The fraction of sp³-hybridized carbons (Fsp3) is 0.758. The molecule has 2 fully saturated rings. The van der Waals surface area contributed by atoms with Crippen LogP contribution in [-0.4, -0.2) is 39.0 Å². The lowest BCUT2D eigenvalue weighted by Crippen LogP contribution is -2.55. The molecule has 2 aliphatic carbocycles. The van der Waals surface area contributed by atoms with E-state index in [1.165, 1.54) is 24.0 Å². The molecule has 0 amide bonds. The summed E-state index contributed by atoms with van der Waals surface area (Å²) in [6.45, 7) is 16.1. The van der Waals surface area contributed by atoms with Crippen LogP contribution < -0.4 is 0 Å². The van der Waals surface area contributed by atoms with Gasteiger partial charge in [0.05, 0.1) is 31.8 Å². The number of allylic oxidation sites excluding steroid dienone is 8. The van der Waals surface area contributed by atoms with Crippen LogP contribution in [0.1, 0.15) is 92.9 Å². The zero-order valence-corrected chi connectivity index (χ0v) is 24.4.